The van der Waals surface area contributed by atoms with Crippen LogP contribution in [0.1, 0.15) is 16.8 Å². The molecular weight excluding hydrogens is 270 g/mol. The maximum absolute atomic E-state index is 13.6. The molecule has 0 aliphatic carbocycles. The summed E-state index contributed by atoms with van der Waals surface area (Å²) in [6.45, 7) is 0.392. The number of benzene rings is 1. The van der Waals surface area contributed by atoms with Gasteiger partial charge in [0.25, 0.3) is 5.91 Å². The van der Waals surface area contributed by atoms with Gasteiger partial charge >= 0.3 is 0 Å². The number of rotatable bonds is 6. The Bertz CT molecular complexity index is 506. The van der Waals surface area contributed by atoms with Crippen LogP contribution in [0.25, 0.3) is 0 Å². The van der Waals surface area contributed by atoms with Gasteiger partial charge in [-0.25, -0.2) is 8.78 Å². The number of hydrogen-bond acceptors (Lipinski definition) is 4. The minimum Gasteiger partial charge on any atom is -0.507 e. The molecule has 0 unspecified atom stereocenters. The number of phenols is 1. The molecule has 0 aliphatic heterocycles. The number of phenolic OH excluding ortho intramolecular Hbond substituents is 1. The third kappa shape index (κ3) is 3.90. The highest BCUT2D eigenvalue weighted by atomic mass is 19.1. The molecule has 0 heterocycles. The molecule has 1 rings (SSSR count). The third-order valence-corrected chi connectivity index (χ3v) is 2.59. The topological polar surface area (TPSA) is 73.6 Å². The van der Waals surface area contributed by atoms with Crippen molar-refractivity contribution in [2.45, 2.75) is 6.42 Å². The van der Waals surface area contributed by atoms with Gasteiger partial charge in [-0.15, -0.1) is 0 Å². The van der Waals surface area contributed by atoms with Gasteiger partial charge in [0.2, 0.25) is 0 Å². The predicted octanol–water partition coefficient (Wildman–Crippen LogP) is 1.67. The van der Waals surface area contributed by atoms with Gasteiger partial charge in [0.05, 0.1) is 19.1 Å². The lowest BCUT2D eigenvalue weighted by Gasteiger charge is -2.22. The quantitative estimate of drug-likeness (QED) is 0.862. The van der Waals surface area contributed by atoms with Gasteiger partial charge in [-0.1, -0.05) is 0 Å². The highest BCUT2D eigenvalue weighted by Crippen LogP contribution is 2.23. The number of nitrogens with zero attached hydrogens (tertiary/aromatic N) is 2. The minimum atomic E-state index is -1.15. The normalized spacial score (nSPS) is 10.1. The summed E-state index contributed by atoms with van der Waals surface area (Å²) in [7, 11) is 1.43. The number of carbonyl (C=O) groups is 1. The molecule has 0 aromatic heterocycles. The van der Waals surface area contributed by atoms with Gasteiger partial charge < -0.3 is 14.7 Å². The first-order valence-corrected chi connectivity index (χ1v) is 5.84. The largest absolute Gasteiger partial charge is 0.507 e. The van der Waals surface area contributed by atoms with E-state index in [2.05, 4.69) is 0 Å². The van der Waals surface area contributed by atoms with Gasteiger partial charge in [0, 0.05) is 32.3 Å². The van der Waals surface area contributed by atoms with E-state index in [-0.39, 0.29) is 26.1 Å². The lowest BCUT2D eigenvalue weighted by Crippen LogP contribution is -2.35. The van der Waals surface area contributed by atoms with Crippen LogP contribution in [-0.4, -0.2) is 42.7 Å². The van der Waals surface area contributed by atoms with Crippen molar-refractivity contribution in [3.05, 3.63) is 29.3 Å². The maximum atomic E-state index is 13.6. The van der Waals surface area contributed by atoms with Crippen molar-refractivity contribution in [1.82, 2.24) is 4.90 Å². The molecule has 0 bridgehead atoms. The van der Waals surface area contributed by atoms with Crippen molar-refractivity contribution in [2.24, 2.45) is 0 Å². The van der Waals surface area contributed by atoms with Crippen LogP contribution < -0.4 is 0 Å². The third-order valence-electron chi connectivity index (χ3n) is 2.59. The standard InChI is InChI=1S/C13H14F2N2O3/c1-20-6-5-17(4-2-3-16)13(19)12-10(15)7-9(14)8-11(12)18/h7-8,18H,2,4-6H2,1H3. The Morgan fingerprint density at radius 3 is 2.70 bits per heavy atom. The van der Waals surface area contributed by atoms with Crippen molar-refractivity contribution in [1.29, 1.82) is 5.26 Å². The molecular formula is C13H14F2N2O3. The molecule has 7 heteroatoms. The molecule has 108 valence electrons. The second-order valence-corrected chi connectivity index (χ2v) is 3.97. The summed E-state index contributed by atoms with van der Waals surface area (Å²) in [5, 5.41) is 18.1. The van der Waals surface area contributed by atoms with E-state index in [0.29, 0.717) is 12.1 Å². The minimum absolute atomic E-state index is 0.0546. The molecule has 1 amide bonds. The van der Waals surface area contributed by atoms with Crippen LogP contribution in [0.3, 0.4) is 0 Å². The van der Waals surface area contributed by atoms with Crippen molar-refractivity contribution >= 4 is 5.91 Å². The predicted molar refractivity (Wildman–Crippen MR) is 66.0 cm³/mol. The molecule has 0 atom stereocenters. The van der Waals surface area contributed by atoms with E-state index in [4.69, 9.17) is 10.00 Å². The highest BCUT2D eigenvalue weighted by molar-refractivity contribution is 5.97. The molecule has 1 aromatic rings. The van der Waals surface area contributed by atoms with Crippen LogP contribution in [0.2, 0.25) is 0 Å². The van der Waals surface area contributed by atoms with Crippen LogP contribution in [-0.2, 0) is 4.74 Å². The first-order valence-electron chi connectivity index (χ1n) is 5.84. The molecule has 20 heavy (non-hydrogen) atoms. The zero-order chi connectivity index (χ0) is 15.1. The van der Waals surface area contributed by atoms with E-state index < -0.39 is 28.9 Å². The smallest absolute Gasteiger partial charge is 0.260 e. The summed E-state index contributed by atoms with van der Waals surface area (Å²) >= 11 is 0. The molecule has 1 aromatic carbocycles. The molecule has 0 spiro atoms. The Labute approximate surface area is 115 Å². The fraction of sp³-hybridized carbons (Fsp3) is 0.385. The zero-order valence-electron chi connectivity index (χ0n) is 10.9. The van der Waals surface area contributed by atoms with E-state index in [9.17, 15) is 18.7 Å². The van der Waals surface area contributed by atoms with Gasteiger partial charge in [-0.2, -0.15) is 5.26 Å². The van der Waals surface area contributed by atoms with Crippen molar-refractivity contribution in [2.75, 3.05) is 26.8 Å². The van der Waals surface area contributed by atoms with Gasteiger partial charge in [-0.3, -0.25) is 4.79 Å². The van der Waals surface area contributed by atoms with E-state index in [1.54, 1.807) is 0 Å². The first kappa shape index (κ1) is 15.9. The Morgan fingerprint density at radius 1 is 1.45 bits per heavy atom. The van der Waals surface area contributed by atoms with E-state index in [1.807, 2.05) is 6.07 Å². The molecule has 0 radical (unpaired) electrons. The fourth-order valence-corrected chi connectivity index (χ4v) is 1.63. The summed E-state index contributed by atoms with van der Waals surface area (Å²) in [6.07, 6.45) is 0.0546. The van der Waals surface area contributed by atoms with Crippen molar-refractivity contribution in [3.8, 4) is 11.8 Å². The van der Waals surface area contributed by atoms with Crippen LogP contribution in [0.15, 0.2) is 12.1 Å². The monoisotopic (exact) mass is 284 g/mol. The number of nitriles is 1. The summed E-state index contributed by atoms with van der Waals surface area (Å²) in [5.41, 5.74) is -0.611. The van der Waals surface area contributed by atoms with Crippen LogP contribution in [0.4, 0.5) is 8.78 Å². The van der Waals surface area contributed by atoms with Crippen molar-refractivity contribution in [3.63, 3.8) is 0 Å². The highest BCUT2D eigenvalue weighted by Gasteiger charge is 2.23. The summed E-state index contributed by atoms with van der Waals surface area (Å²) in [4.78, 5) is 13.3. The van der Waals surface area contributed by atoms with Gasteiger partial charge in [0.15, 0.2) is 0 Å². The summed E-state index contributed by atoms with van der Waals surface area (Å²) in [6, 6.07) is 3.05. The second-order valence-electron chi connectivity index (χ2n) is 3.97. The number of ether oxygens (including phenoxy) is 1. The SMILES string of the molecule is COCCN(CCC#N)C(=O)c1c(O)cc(F)cc1F. The summed E-state index contributed by atoms with van der Waals surface area (Å²) in [5.74, 6) is -3.71. The Morgan fingerprint density at radius 2 is 2.15 bits per heavy atom. The lowest BCUT2D eigenvalue weighted by atomic mass is 10.1. The Kier molecular flexibility index (Phi) is 5.87. The van der Waals surface area contributed by atoms with E-state index in [0.717, 1.165) is 0 Å². The Hall–Kier alpha value is -2.20. The lowest BCUT2D eigenvalue weighted by molar-refractivity contribution is 0.0692. The average molecular weight is 284 g/mol. The number of methoxy groups -OCH3 is 1. The van der Waals surface area contributed by atoms with Crippen molar-refractivity contribution < 1.29 is 23.4 Å². The molecule has 0 saturated heterocycles. The van der Waals surface area contributed by atoms with E-state index in [1.165, 1.54) is 12.0 Å². The van der Waals surface area contributed by atoms with E-state index >= 15 is 0 Å². The number of hydrogen-bond donors (Lipinski definition) is 1. The maximum Gasteiger partial charge on any atom is 0.260 e. The Balaban J connectivity index is 3.02. The number of aromatic hydroxyl groups is 1. The fourth-order valence-electron chi connectivity index (χ4n) is 1.63. The molecule has 0 saturated carbocycles. The number of amides is 1. The van der Waals surface area contributed by atoms with Crippen LogP contribution in [0, 0.1) is 23.0 Å². The zero-order valence-corrected chi connectivity index (χ0v) is 10.9. The molecule has 0 fully saturated rings. The molecule has 1 N–H and O–H groups in total. The average Bonchev–Trinajstić information content (AvgIpc) is 2.37. The molecule has 0 aliphatic rings. The van der Waals surface area contributed by atoms with Gasteiger partial charge in [-0.05, 0) is 0 Å². The van der Waals surface area contributed by atoms with Crippen LogP contribution in [0.5, 0.6) is 5.75 Å². The number of carbonyl (C=O) groups excluding carboxylic acids is 1. The second kappa shape index (κ2) is 7.40. The number of halogens is 2. The summed E-state index contributed by atoms with van der Waals surface area (Å²) < 4.78 is 31.3. The first-order chi connectivity index (χ1) is 9.51. The molecule has 5 nitrogen and oxygen atoms in total. The van der Waals surface area contributed by atoms with Gasteiger partial charge in [0.1, 0.15) is 22.9 Å². The van der Waals surface area contributed by atoms with Crippen LogP contribution >= 0.6 is 0 Å².